The van der Waals surface area contributed by atoms with Crippen LogP contribution in [0.5, 0.6) is 0 Å². The molecule has 0 unspecified atom stereocenters. The Hall–Kier alpha value is -2.96. The van der Waals surface area contributed by atoms with Crippen molar-refractivity contribution in [2.75, 3.05) is 6.54 Å². The monoisotopic (exact) mass is 367 g/mol. The van der Waals surface area contributed by atoms with Crippen LogP contribution in [0.15, 0.2) is 47.5 Å². The minimum absolute atomic E-state index is 0.0123. The summed E-state index contributed by atoms with van der Waals surface area (Å²) in [6.45, 7) is 5.78. The topological polar surface area (TPSA) is 85.8 Å². The van der Waals surface area contributed by atoms with E-state index in [0.717, 1.165) is 18.5 Å². The van der Waals surface area contributed by atoms with E-state index in [1.54, 1.807) is 12.5 Å². The minimum atomic E-state index is -0.0123. The van der Waals surface area contributed by atoms with E-state index in [-0.39, 0.29) is 5.91 Å². The number of aromatic nitrogens is 4. The smallest absolute Gasteiger partial charge is 0.227 e. The highest BCUT2D eigenvalue weighted by Crippen LogP contribution is 2.20. The Kier molecular flexibility index (Phi) is 6.35. The molecule has 0 radical (unpaired) electrons. The summed E-state index contributed by atoms with van der Waals surface area (Å²) in [6.07, 6.45) is 7.05. The van der Waals surface area contributed by atoms with Crippen molar-refractivity contribution in [3.05, 3.63) is 54.4 Å². The van der Waals surface area contributed by atoms with Crippen molar-refractivity contribution in [1.29, 1.82) is 0 Å². The largest absolute Gasteiger partial charge is 0.356 e. The van der Waals surface area contributed by atoms with Gasteiger partial charge < -0.3 is 14.4 Å². The Morgan fingerprint density at radius 3 is 2.78 bits per heavy atom. The molecule has 0 aliphatic carbocycles. The van der Waals surface area contributed by atoms with Gasteiger partial charge in [0.05, 0.1) is 6.33 Å². The first-order valence-electron chi connectivity index (χ1n) is 9.27. The standard InChI is InChI=1S/C20H25N5O2/c1-15(2)16-4-6-17(7-5-16)20-23-19(27-24-20)9-8-18(26)22-10-3-12-25-13-11-21-14-25/h4-7,11,13-15H,3,8-10,12H2,1-2H3,(H,22,26). The fourth-order valence-electron chi connectivity index (χ4n) is 2.71. The van der Waals surface area contributed by atoms with Gasteiger partial charge in [0.2, 0.25) is 17.6 Å². The number of hydrogen-bond donors (Lipinski definition) is 1. The zero-order valence-electron chi connectivity index (χ0n) is 15.8. The number of benzene rings is 1. The molecular formula is C20H25N5O2. The fourth-order valence-corrected chi connectivity index (χ4v) is 2.71. The first-order valence-corrected chi connectivity index (χ1v) is 9.27. The molecule has 1 N–H and O–H groups in total. The van der Waals surface area contributed by atoms with Gasteiger partial charge in [-0.3, -0.25) is 4.79 Å². The maximum atomic E-state index is 11.9. The lowest BCUT2D eigenvalue weighted by Crippen LogP contribution is -2.25. The fraction of sp³-hybridized carbons (Fsp3) is 0.400. The second-order valence-corrected chi connectivity index (χ2v) is 6.79. The zero-order valence-corrected chi connectivity index (χ0v) is 15.8. The third-order valence-electron chi connectivity index (χ3n) is 4.34. The van der Waals surface area contributed by atoms with Crippen LogP contribution < -0.4 is 5.32 Å². The van der Waals surface area contributed by atoms with E-state index in [1.165, 1.54) is 5.56 Å². The second-order valence-electron chi connectivity index (χ2n) is 6.79. The average molecular weight is 367 g/mol. The molecule has 27 heavy (non-hydrogen) atoms. The molecule has 2 aromatic heterocycles. The second kappa shape index (κ2) is 9.12. The zero-order chi connectivity index (χ0) is 19.1. The van der Waals surface area contributed by atoms with Crippen molar-refractivity contribution >= 4 is 5.91 Å². The summed E-state index contributed by atoms with van der Waals surface area (Å²) in [5.41, 5.74) is 2.19. The summed E-state index contributed by atoms with van der Waals surface area (Å²) in [6, 6.07) is 8.15. The van der Waals surface area contributed by atoms with Gasteiger partial charge in [-0.15, -0.1) is 0 Å². The van der Waals surface area contributed by atoms with E-state index in [2.05, 4.69) is 46.4 Å². The number of amides is 1. The quantitative estimate of drug-likeness (QED) is 0.587. The van der Waals surface area contributed by atoms with Crippen molar-refractivity contribution in [1.82, 2.24) is 25.0 Å². The van der Waals surface area contributed by atoms with Crippen molar-refractivity contribution in [3.8, 4) is 11.4 Å². The Labute approximate surface area is 158 Å². The summed E-state index contributed by atoms with van der Waals surface area (Å²) >= 11 is 0. The number of imidazole rings is 1. The molecule has 1 aromatic carbocycles. The van der Waals surface area contributed by atoms with E-state index in [0.29, 0.717) is 37.0 Å². The number of nitrogens with zero attached hydrogens (tertiary/aromatic N) is 4. The molecule has 2 heterocycles. The molecule has 0 spiro atoms. The van der Waals surface area contributed by atoms with Crippen LogP contribution in [0.1, 0.15) is 44.1 Å². The van der Waals surface area contributed by atoms with Gasteiger partial charge in [-0.2, -0.15) is 4.98 Å². The van der Waals surface area contributed by atoms with E-state index >= 15 is 0 Å². The molecule has 0 aliphatic heterocycles. The van der Waals surface area contributed by atoms with Crippen LogP contribution >= 0.6 is 0 Å². The number of hydrogen-bond acceptors (Lipinski definition) is 5. The lowest BCUT2D eigenvalue weighted by molar-refractivity contribution is -0.121. The molecule has 0 saturated carbocycles. The highest BCUT2D eigenvalue weighted by Gasteiger charge is 2.11. The predicted octanol–water partition coefficient (Wildman–Crippen LogP) is 3.20. The van der Waals surface area contributed by atoms with Crippen LogP contribution in [0.25, 0.3) is 11.4 Å². The maximum Gasteiger partial charge on any atom is 0.227 e. The molecule has 7 heteroatoms. The Balaban J connectivity index is 1.41. The molecule has 1 amide bonds. The van der Waals surface area contributed by atoms with Crippen molar-refractivity contribution < 1.29 is 9.32 Å². The lowest BCUT2D eigenvalue weighted by atomic mass is 10.0. The molecule has 3 aromatic rings. The van der Waals surface area contributed by atoms with Crippen LogP contribution in [-0.4, -0.2) is 32.1 Å². The lowest BCUT2D eigenvalue weighted by Gasteiger charge is -2.05. The number of carbonyl (C=O) groups excluding carboxylic acids is 1. The third kappa shape index (κ3) is 5.51. The highest BCUT2D eigenvalue weighted by atomic mass is 16.5. The summed E-state index contributed by atoms with van der Waals surface area (Å²) in [7, 11) is 0. The number of rotatable bonds is 9. The third-order valence-corrected chi connectivity index (χ3v) is 4.34. The van der Waals surface area contributed by atoms with E-state index < -0.39 is 0 Å². The molecule has 0 aliphatic rings. The maximum absolute atomic E-state index is 11.9. The minimum Gasteiger partial charge on any atom is -0.356 e. The summed E-state index contributed by atoms with van der Waals surface area (Å²) in [5.74, 6) is 1.51. The van der Waals surface area contributed by atoms with Gasteiger partial charge >= 0.3 is 0 Å². The summed E-state index contributed by atoms with van der Waals surface area (Å²) < 4.78 is 7.26. The van der Waals surface area contributed by atoms with Crippen LogP contribution in [-0.2, 0) is 17.8 Å². The van der Waals surface area contributed by atoms with Gasteiger partial charge in [-0.05, 0) is 17.9 Å². The normalized spacial score (nSPS) is 11.1. The van der Waals surface area contributed by atoms with Gasteiger partial charge in [0.25, 0.3) is 0 Å². The van der Waals surface area contributed by atoms with Crippen LogP contribution in [0.4, 0.5) is 0 Å². The Morgan fingerprint density at radius 1 is 1.26 bits per heavy atom. The summed E-state index contributed by atoms with van der Waals surface area (Å²) in [4.78, 5) is 20.3. The van der Waals surface area contributed by atoms with Gasteiger partial charge in [-0.1, -0.05) is 43.3 Å². The average Bonchev–Trinajstić information content (AvgIpc) is 3.35. The van der Waals surface area contributed by atoms with Crippen molar-refractivity contribution in [2.24, 2.45) is 0 Å². The molecule has 0 fully saturated rings. The molecule has 7 nitrogen and oxygen atoms in total. The molecule has 142 valence electrons. The molecule has 0 saturated heterocycles. The molecular weight excluding hydrogens is 342 g/mol. The van der Waals surface area contributed by atoms with Crippen molar-refractivity contribution in [3.63, 3.8) is 0 Å². The first kappa shape index (κ1) is 18.8. The van der Waals surface area contributed by atoms with Crippen LogP contribution in [0.3, 0.4) is 0 Å². The molecule has 0 atom stereocenters. The van der Waals surface area contributed by atoms with Crippen LogP contribution in [0, 0.1) is 0 Å². The van der Waals surface area contributed by atoms with E-state index in [9.17, 15) is 4.79 Å². The number of nitrogens with one attached hydrogen (secondary N) is 1. The van der Waals surface area contributed by atoms with Crippen molar-refractivity contribution in [2.45, 2.75) is 45.6 Å². The Morgan fingerprint density at radius 2 is 2.07 bits per heavy atom. The highest BCUT2D eigenvalue weighted by molar-refractivity contribution is 5.75. The molecule has 3 rings (SSSR count). The van der Waals surface area contributed by atoms with Crippen LogP contribution in [0.2, 0.25) is 0 Å². The number of carbonyl (C=O) groups is 1. The van der Waals surface area contributed by atoms with Gasteiger partial charge in [-0.25, -0.2) is 4.98 Å². The summed E-state index contributed by atoms with van der Waals surface area (Å²) in [5, 5.41) is 6.92. The van der Waals surface area contributed by atoms with E-state index in [1.807, 2.05) is 22.9 Å². The first-order chi connectivity index (χ1) is 13.1. The SMILES string of the molecule is CC(C)c1ccc(-c2noc(CCC(=O)NCCCn3ccnc3)n2)cc1. The predicted molar refractivity (Wildman–Crippen MR) is 102 cm³/mol. The number of aryl methyl sites for hydroxylation is 2. The molecule has 0 bridgehead atoms. The van der Waals surface area contributed by atoms with Gasteiger partial charge in [0.15, 0.2) is 0 Å². The van der Waals surface area contributed by atoms with E-state index in [4.69, 9.17) is 4.52 Å². The van der Waals surface area contributed by atoms with Gasteiger partial charge in [0, 0.05) is 43.9 Å². The van der Waals surface area contributed by atoms with Gasteiger partial charge in [0.1, 0.15) is 0 Å². The Bertz CT molecular complexity index is 838.